The zero-order valence-corrected chi connectivity index (χ0v) is 15.3. The van der Waals surface area contributed by atoms with Crippen LogP contribution in [0.3, 0.4) is 0 Å². The molecule has 0 radical (unpaired) electrons. The Morgan fingerprint density at radius 1 is 0.826 bits per heavy atom. The van der Waals surface area contributed by atoms with Gasteiger partial charge < -0.3 is 0 Å². The fourth-order valence-corrected chi connectivity index (χ4v) is 2.86. The summed E-state index contributed by atoms with van der Waals surface area (Å²) in [4.78, 5) is 9.08. The maximum Gasteiger partial charge on any atom is 0.0409 e. The highest BCUT2D eigenvalue weighted by molar-refractivity contribution is 5.16. The molecule has 0 amide bonds. The molecular weight excluding hydrogens is 280 g/mol. The van der Waals surface area contributed by atoms with Crippen LogP contribution in [0, 0.1) is 10.8 Å². The van der Waals surface area contributed by atoms with Crippen molar-refractivity contribution in [3.05, 3.63) is 59.7 Å². The van der Waals surface area contributed by atoms with Gasteiger partial charge in [0, 0.05) is 23.8 Å². The van der Waals surface area contributed by atoms with Gasteiger partial charge >= 0.3 is 0 Å². The molecule has 124 valence electrons. The van der Waals surface area contributed by atoms with Gasteiger partial charge in [0.2, 0.25) is 0 Å². The largest absolute Gasteiger partial charge is 0.261 e. The Morgan fingerprint density at radius 2 is 1.61 bits per heavy atom. The van der Waals surface area contributed by atoms with Crippen LogP contribution in [0.5, 0.6) is 0 Å². The van der Waals surface area contributed by atoms with Crippen molar-refractivity contribution in [2.24, 2.45) is 10.8 Å². The second-order valence-electron chi connectivity index (χ2n) is 8.56. The number of aromatic nitrogens is 2. The second kappa shape index (κ2) is 7.25. The van der Waals surface area contributed by atoms with E-state index in [-0.39, 0.29) is 10.8 Å². The van der Waals surface area contributed by atoms with E-state index in [9.17, 15) is 0 Å². The Labute approximate surface area is 141 Å². The molecule has 2 heteroatoms. The van der Waals surface area contributed by atoms with Gasteiger partial charge in [-0.2, -0.15) is 0 Å². The first-order valence-corrected chi connectivity index (χ1v) is 8.57. The molecule has 0 aliphatic heterocycles. The maximum absolute atomic E-state index is 4.65. The van der Waals surface area contributed by atoms with Crippen LogP contribution in [0.2, 0.25) is 0 Å². The lowest BCUT2D eigenvalue weighted by Gasteiger charge is -2.25. The van der Waals surface area contributed by atoms with E-state index in [4.69, 9.17) is 0 Å². The van der Waals surface area contributed by atoms with E-state index < -0.39 is 0 Å². The first-order valence-electron chi connectivity index (χ1n) is 8.57. The molecule has 0 unspecified atom stereocenters. The molecule has 0 fully saturated rings. The molecule has 0 bridgehead atoms. The zero-order chi connectivity index (χ0) is 16.9. The Balaban J connectivity index is 1.92. The lowest BCUT2D eigenvalue weighted by Crippen LogP contribution is -2.17. The fourth-order valence-electron chi connectivity index (χ4n) is 2.86. The van der Waals surface area contributed by atoms with E-state index in [2.05, 4.69) is 75.0 Å². The second-order valence-corrected chi connectivity index (χ2v) is 8.56. The number of hydrogen-bond donors (Lipinski definition) is 0. The number of rotatable bonds is 6. The molecule has 0 N–H and O–H groups in total. The summed E-state index contributed by atoms with van der Waals surface area (Å²) in [6, 6.07) is 10.6. The van der Waals surface area contributed by atoms with Crippen LogP contribution < -0.4 is 0 Å². The minimum absolute atomic E-state index is 0.255. The highest BCUT2D eigenvalue weighted by atomic mass is 14.7. The molecule has 0 aliphatic rings. The predicted molar refractivity (Wildman–Crippen MR) is 97.4 cm³/mol. The first-order chi connectivity index (χ1) is 10.7. The molecule has 23 heavy (non-hydrogen) atoms. The molecule has 0 spiro atoms. The topological polar surface area (TPSA) is 25.8 Å². The average Bonchev–Trinajstić information content (AvgIpc) is 2.47. The van der Waals surface area contributed by atoms with Crippen molar-refractivity contribution in [1.82, 2.24) is 9.97 Å². The molecule has 2 aromatic rings. The highest BCUT2D eigenvalue weighted by Crippen LogP contribution is 2.28. The van der Waals surface area contributed by atoms with Crippen LogP contribution in [0.4, 0.5) is 0 Å². The molecule has 0 atom stereocenters. The van der Waals surface area contributed by atoms with Gasteiger partial charge in [0.25, 0.3) is 0 Å². The lowest BCUT2D eigenvalue weighted by molar-refractivity contribution is 0.331. The molecule has 2 aromatic heterocycles. The highest BCUT2D eigenvalue weighted by Gasteiger charge is 2.19. The Morgan fingerprint density at radius 3 is 2.17 bits per heavy atom. The van der Waals surface area contributed by atoms with Gasteiger partial charge in [-0.15, -0.1) is 0 Å². The Hall–Kier alpha value is -1.70. The van der Waals surface area contributed by atoms with Gasteiger partial charge in [0.1, 0.15) is 0 Å². The Bertz CT molecular complexity index is 592. The molecule has 2 heterocycles. The number of pyridine rings is 2. The van der Waals surface area contributed by atoms with Crippen molar-refractivity contribution in [2.45, 2.75) is 60.3 Å². The van der Waals surface area contributed by atoms with E-state index >= 15 is 0 Å². The van der Waals surface area contributed by atoms with Crippen molar-refractivity contribution in [2.75, 3.05) is 0 Å². The quantitative estimate of drug-likeness (QED) is 0.726. The number of hydrogen-bond acceptors (Lipinski definition) is 2. The normalized spacial score (nSPS) is 12.4. The van der Waals surface area contributed by atoms with Crippen molar-refractivity contribution < 1.29 is 0 Å². The van der Waals surface area contributed by atoms with Gasteiger partial charge in [-0.3, -0.25) is 9.97 Å². The van der Waals surface area contributed by atoms with Gasteiger partial charge in [-0.25, -0.2) is 0 Å². The molecule has 0 saturated heterocycles. The van der Waals surface area contributed by atoms with Crippen LogP contribution in [0.15, 0.2) is 42.7 Å². The summed E-state index contributed by atoms with van der Waals surface area (Å²) in [6.07, 6.45) is 8.18. The summed E-state index contributed by atoms with van der Waals surface area (Å²) in [5, 5.41) is 0. The molecule has 0 aromatic carbocycles. The Kier molecular flexibility index (Phi) is 5.56. The van der Waals surface area contributed by atoms with Crippen LogP contribution in [-0.4, -0.2) is 9.97 Å². The third kappa shape index (κ3) is 6.52. The van der Waals surface area contributed by atoms with Crippen molar-refractivity contribution in [3.8, 4) is 0 Å². The van der Waals surface area contributed by atoms with Gasteiger partial charge in [-0.05, 0) is 60.3 Å². The summed E-state index contributed by atoms with van der Waals surface area (Å²) in [7, 11) is 0. The minimum atomic E-state index is 0.255. The van der Waals surface area contributed by atoms with Crippen LogP contribution in [0.1, 0.15) is 58.0 Å². The van der Waals surface area contributed by atoms with Gasteiger partial charge in [0.15, 0.2) is 0 Å². The third-order valence-electron chi connectivity index (χ3n) is 4.06. The van der Waals surface area contributed by atoms with Gasteiger partial charge in [0.05, 0.1) is 0 Å². The molecule has 0 saturated carbocycles. The van der Waals surface area contributed by atoms with Crippen LogP contribution in [0.25, 0.3) is 0 Å². The monoisotopic (exact) mass is 310 g/mol. The number of nitrogens with zero attached hydrogens (tertiary/aromatic N) is 2. The van der Waals surface area contributed by atoms with E-state index in [1.165, 1.54) is 17.0 Å². The van der Waals surface area contributed by atoms with E-state index in [1.54, 1.807) is 0 Å². The molecule has 0 aliphatic carbocycles. The third-order valence-corrected chi connectivity index (χ3v) is 4.06. The lowest BCUT2D eigenvalue weighted by atomic mass is 9.81. The molecule has 2 nitrogen and oxygen atoms in total. The minimum Gasteiger partial charge on any atom is -0.261 e. The van der Waals surface area contributed by atoms with Crippen LogP contribution >= 0.6 is 0 Å². The van der Waals surface area contributed by atoms with E-state index in [0.29, 0.717) is 0 Å². The summed E-state index contributed by atoms with van der Waals surface area (Å²) < 4.78 is 0. The van der Waals surface area contributed by atoms with Gasteiger partial charge in [-0.1, -0.05) is 46.8 Å². The summed E-state index contributed by atoms with van der Waals surface area (Å²) in [6.45, 7) is 11.4. The van der Waals surface area contributed by atoms with Crippen molar-refractivity contribution in [1.29, 1.82) is 0 Å². The van der Waals surface area contributed by atoms with E-state index in [1.807, 2.05) is 12.3 Å². The zero-order valence-electron chi connectivity index (χ0n) is 15.3. The SMILES string of the molecule is CC(C)(C)Cc1ccc(CC(C)(C)CCc2ccccn2)cn1. The van der Waals surface area contributed by atoms with Crippen molar-refractivity contribution in [3.63, 3.8) is 0 Å². The predicted octanol–water partition coefficient (Wildman–Crippen LogP) is 5.27. The molecule has 2 rings (SSSR count). The first kappa shape index (κ1) is 17.7. The average molecular weight is 310 g/mol. The maximum atomic E-state index is 4.65. The standard InChI is InChI=1S/C21H30N2/c1-20(2,3)15-19-10-9-17(16-23-19)14-21(4,5)12-11-18-8-6-7-13-22-18/h6-10,13,16H,11-12,14-15H2,1-5H3. The summed E-state index contributed by atoms with van der Waals surface area (Å²) >= 11 is 0. The smallest absolute Gasteiger partial charge is 0.0409 e. The summed E-state index contributed by atoms with van der Waals surface area (Å²) in [5.74, 6) is 0. The molecular formula is C21H30N2. The fraction of sp³-hybridized carbons (Fsp3) is 0.524. The van der Waals surface area contributed by atoms with Crippen LogP contribution in [-0.2, 0) is 19.3 Å². The van der Waals surface area contributed by atoms with Crippen molar-refractivity contribution >= 4 is 0 Å². The van der Waals surface area contributed by atoms with E-state index in [0.717, 1.165) is 25.7 Å². The summed E-state index contributed by atoms with van der Waals surface area (Å²) in [5.41, 5.74) is 4.24. The number of aryl methyl sites for hydroxylation is 1.